The van der Waals surface area contributed by atoms with Crippen molar-refractivity contribution < 1.29 is 46.1 Å². The number of ether oxygens (including phenoxy) is 2. The number of hydrogen-bond acceptors (Lipinski definition) is 16. The zero-order valence-corrected chi connectivity index (χ0v) is 25.7. The molecule has 3 aliphatic rings. The van der Waals surface area contributed by atoms with Crippen molar-refractivity contribution in [3.63, 3.8) is 0 Å². The summed E-state index contributed by atoms with van der Waals surface area (Å²) in [5, 5.41) is 7.56. The second kappa shape index (κ2) is 11.2. The Balaban J connectivity index is 1.21. The summed E-state index contributed by atoms with van der Waals surface area (Å²) in [6.45, 7) is -10.1. The van der Waals surface area contributed by atoms with E-state index in [0.29, 0.717) is 0 Å². The summed E-state index contributed by atoms with van der Waals surface area (Å²) in [5.74, 6) is -0.294. The van der Waals surface area contributed by atoms with E-state index in [0.717, 1.165) is 4.68 Å². The summed E-state index contributed by atoms with van der Waals surface area (Å²) in [6, 6.07) is 1.52. The molecular weight excluding hydrogens is 688 g/mol. The van der Waals surface area contributed by atoms with Gasteiger partial charge in [0.2, 0.25) is 5.95 Å². The molecule has 7 heterocycles. The highest BCUT2D eigenvalue weighted by Crippen LogP contribution is 2.54. The number of hydrogen-bond donors (Lipinski definition) is 5. The van der Waals surface area contributed by atoms with Crippen molar-refractivity contribution in [3.8, 4) is 0 Å². The van der Waals surface area contributed by atoms with Crippen LogP contribution in [0.3, 0.4) is 0 Å². The van der Waals surface area contributed by atoms with Crippen LogP contribution >= 0.6 is 13.4 Å². The lowest BCUT2D eigenvalue weighted by Crippen LogP contribution is -2.34. The second-order valence-electron chi connectivity index (χ2n) is 10.1. The van der Waals surface area contributed by atoms with Gasteiger partial charge in [-0.1, -0.05) is 5.21 Å². The van der Waals surface area contributed by atoms with E-state index in [9.17, 15) is 14.6 Å². The van der Waals surface area contributed by atoms with Gasteiger partial charge in [0.25, 0.3) is 5.56 Å². The van der Waals surface area contributed by atoms with Crippen LogP contribution in [0.4, 0.5) is 20.4 Å². The Morgan fingerprint density at radius 3 is 2.40 bits per heavy atom. The standard InChI is InChI=1S/C20H22F2N10O9P2S2/c21-9-7-3-36-42(34,44)40-13-8(39-18(10(13)22)31-5-26-11-6(23)1-2-25-15(11)31)4-37-43(35,45)41-14(9)19(38-7)32-16-12(29-30-32)17(33)28-20(24)27-16/h1-2,5,7-10,13-14,18-19H,3-4H2,(H2,23,25)(H,34,44)(H,35,45)(H3,24,27,28,33)/t7-,8-,9-,10+,13-,14-,18-,19-,42?,43?/m1/s1. The van der Waals surface area contributed by atoms with Crippen molar-refractivity contribution in [1.82, 2.24) is 39.5 Å². The molecule has 7 N–H and O–H groups in total. The molecule has 2 bridgehead atoms. The first-order chi connectivity index (χ1) is 21.3. The third kappa shape index (κ3) is 5.55. The normalized spacial score (nSPS) is 37.7. The SMILES string of the molecule is Nc1nc2c(nnn2[C@@H]2O[C@@H]3COP(O)(=S)O[C@H]4[C@H](F)[C@H](n5cnc6c(N)ccnc65)O[C@@H]4COP(O)(=S)O[C@@H]2[C@@H]3F)c(=O)[nH]1. The lowest BCUT2D eigenvalue weighted by Gasteiger charge is -2.27. The number of H-pyrrole nitrogens is 1. The first-order valence-corrected chi connectivity index (χ1v) is 18.1. The Morgan fingerprint density at radius 1 is 0.956 bits per heavy atom. The number of nitrogens with zero attached hydrogens (tertiary/aromatic N) is 7. The van der Waals surface area contributed by atoms with Crippen LogP contribution in [0.15, 0.2) is 23.4 Å². The van der Waals surface area contributed by atoms with E-state index < -0.39 is 81.4 Å². The minimum atomic E-state index is -4.37. The minimum absolute atomic E-state index is 0.195. The van der Waals surface area contributed by atoms with Crippen LogP contribution in [0.1, 0.15) is 12.5 Å². The molecule has 4 aromatic heterocycles. The molecule has 3 fully saturated rings. The van der Waals surface area contributed by atoms with Gasteiger partial charge in [0.1, 0.15) is 29.9 Å². The number of imidazole rings is 1. The van der Waals surface area contributed by atoms with Crippen LogP contribution in [0.5, 0.6) is 0 Å². The fourth-order valence-electron chi connectivity index (χ4n) is 5.19. The fraction of sp³-hybridized carbons (Fsp3) is 0.500. The molecule has 4 aromatic rings. The molecule has 0 saturated carbocycles. The molecule has 45 heavy (non-hydrogen) atoms. The molecule has 0 aliphatic carbocycles. The van der Waals surface area contributed by atoms with Gasteiger partial charge in [0.15, 0.2) is 41.6 Å². The summed E-state index contributed by atoms with van der Waals surface area (Å²) in [6.07, 6.45) is -10.7. The highest BCUT2D eigenvalue weighted by atomic mass is 32.5. The van der Waals surface area contributed by atoms with Crippen molar-refractivity contribution in [3.05, 3.63) is 28.9 Å². The predicted molar refractivity (Wildman–Crippen MR) is 155 cm³/mol. The molecule has 25 heteroatoms. The third-order valence-electron chi connectivity index (χ3n) is 7.21. The van der Waals surface area contributed by atoms with Gasteiger partial charge >= 0.3 is 13.4 Å². The molecule has 19 nitrogen and oxygen atoms in total. The maximum absolute atomic E-state index is 16.0. The maximum atomic E-state index is 16.0. The quantitative estimate of drug-likeness (QED) is 0.169. The van der Waals surface area contributed by atoms with E-state index in [1.54, 1.807) is 0 Å². The Kier molecular flexibility index (Phi) is 7.74. The first-order valence-electron chi connectivity index (χ1n) is 12.9. The first kappa shape index (κ1) is 31.0. The number of halogens is 2. The molecular formula is C20H22F2N10O9P2S2. The Morgan fingerprint density at radius 2 is 1.64 bits per heavy atom. The number of anilines is 2. The number of pyridine rings is 1. The number of rotatable bonds is 2. The van der Waals surface area contributed by atoms with Crippen LogP contribution in [-0.2, 0) is 51.2 Å². The van der Waals surface area contributed by atoms with Gasteiger partial charge in [-0.2, -0.15) is 9.67 Å². The topological polar surface area (TPSA) is 255 Å². The van der Waals surface area contributed by atoms with E-state index in [2.05, 4.69) is 30.2 Å². The zero-order chi connectivity index (χ0) is 31.8. The van der Waals surface area contributed by atoms with Crippen molar-refractivity contribution in [1.29, 1.82) is 0 Å². The number of aromatic nitrogens is 8. The Labute approximate surface area is 259 Å². The van der Waals surface area contributed by atoms with Crippen LogP contribution in [0.25, 0.3) is 22.3 Å². The molecule has 0 aromatic carbocycles. The van der Waals surface area contributed by atoms with E-state index in [1.807, 2.05) is 0 Å². The van der Waals surface area contributed by atoms with Crippen molar-refractivity contribution in [2.75, 3.05) is 24.7 Å². The Hall–Kier alpha value is -2.66. The summed E-state index contributed by atoms with van der Waals surface area (Å²) >= 11 is 10.3. The molecule has 242 valence electrons. The van der Waals surface area contributed by atoms with Crippen molar-refractivity contribution >= 4 is 71.0 Å². The number of fused-ring (bicyclic) bond motifs is 5. The van der Waals surface area contributed by atoms with Gasteiger partial charge in [-0.25, -0.2) is 18.7 Å². The Bertz CT molecular complexity index is 1950. The summed E-state index contributed by atoms with van der Waals surface area (Å²) in [5.41, 5.74) is 11.2. The zero-order valence-electron chi connectivity index (χ0n) is 22.3. The van der Waals surface area contributed by atoms with Gasteiger partial charge in [-0.05, 0) is 29.7 Å². The number of nitrogens with one attached hydrogen (secondary N) is 1. The fourth-order valence-corrected chi connectivity index (χ4v) is 8.03. The van der Waals surface area contributed by atoms with Crippen LogP contribution in [-0.4, -0.2) is 99.3 Å². The van der Waals surface area contributed by atoms with Gasteiger partial charge in [-0.3, -0.25) is 23.4 Å². The van der Waals surface area contributed by atoms with Gasteiger partial charge in [-0.15, -0.1) is 5.10 Å². The van der Waals surface area contributed by atoms with Crippen molar-refractivity contribution in [2.45, 2.75) is 49.2 Å². The second-order valence-corrected chi connectivity index (χ2v) is 15.7. The molecule has 3 aliphatic heterocycles. The largest absolute Gasteiger partial charge is 0.397 e. The predicted octanol–water partition coefficient (Wildman–Crippen LogP) is -0.154. The number of nitrogen functional groups attached to an aromatic ring is 2. The molecule has 10 atom stereocenters. The molecule has 0 amide bonds. The molecule has 3 saturated heterocycles. The average molecular weight is 711 g/mol. The highest BCUT2D eigenvalue weighted by Gasteiger charge is 2.54. The van der Waals surface area contributed by atoms with E-state index >= 15 is 8.78 Å². The molecule has 0 spiro atoms. The summed E-state index contributed by atoms with van der Waals surface area (Å²) < 4.78 is 67.6. The highest BCUT2D eigenvalue weighted by molar-refractivity contribution is 8.07. The van der Waals surface area contributed by atoms with Gasteiger partial charge in [0.05, 0.1) is 25.2 Å². The van der Waals surface area contributed by atoms with E-state index in [-0.39, 0.29) is 34.0 Å². The summed E-state index contributed by atoms with van der Waals surface area (Å²) in [4.78, 5) is 48.7. The van der Waals surface area contributed by atoms with E-state index in [1.165, 1.54) is 23.2 Å². The van der Waals surface area contributed by atoms with Crippen LogP contribution in [0.2, 0.25) is 0 Å². The molecule has 7 rings (SSSR count). The van der Waals surface area contributed by atoms with Crippen molar-refractivity contribution in [2.24, 2.45) is 0 Å². The lowest BCUT2D eigenvalue weighted by molar-refractivity contribution is -0.0639. The van der Waals surface area contributed by atoms with Crippen LogP contribution < -0.4 is 17.0 Å². The van der Waals surface area contributed by atoms with Crippen LogP contribution in [0, 0.1) is 0 Å². The minimum Gasteiger partial charge on any atom is -0.397 e. The third-order valence-corrected chi connectivity index (χ3v) is 10.3. The van der Waals surface area contributed by atoms with Gasteiger partial charge in [0, 0.05) is 6.20 Å². The molecule has 0 radical (unpaired) electrons. The monoisotopic (exact) mass is 710 g/mol. The smallest absolute Gasteiger partial charge is 0.325 e. The maximum Gasteiger partial charge on any atom is 0.325 e. The number of aromatic amines is 1. The molecule has 2 unspecified atom stereocenters. The number of nitrogens with two attached hydrogens (primary N) is 2. The average Bonchev–Trinajstić information content (AvgIpc) is 3.72. The van der Waals surface area contributed by atoms with E-state index in [4.69, 9.17) is 62.6 Å². The number of alkyl halides is 2. The lowest BCUT2D eigenvalue weighted by atomic mass is 10.1. The summed E-state index contributed by atoms with van der Waals surface area (Å²) in [7, 11) is 0. The van der Waals surface area contributed by atoms with Gasteiger partial charge < -0.3 is 39.8 Å².